The van der Waals surface area contributed by atoms with Crippen molar-refractivity contribution in [3.63, 3.8) is 0 Å². The number of likely N-dealkylation sites (N-methyl/N-ethyl adjacent to an activating group) is 1. The molecule has 0 heterocycles. The Hall–Kier alpha value is -2.13. The molecule has 8 nitrogen and oxygen atoms in total. The molecule has 2 rings (SSSR count). The van der Waals surface area contributed by atoms with E-state index < -0.39 is 10.0 Å². The first kappa shape index (κ1) is 21.2. The highest BCUT2D eigenvalue weighted by molar-refractivity contribution is 7.89. The number of nitrogens with one attached hydrogen (secondary N) is 2. The Morgan fingerprint density at radius 2 is 1.74 bits per heavy atom. The van der Waals surface area contributed by atoms with Crippen LogP contribution in [0.15, 0.2) is 29.2 Å². The van der Waals surface area contributed by atoms with Gasteiger partial charge < -0.3 is 15.5 Å². The summed E-state index contributed by atoms with van der Waals surface area (Å²) >= 11 is 0. The smallest absolute Gasteiger partial charge is 0.243 e. The second-order valence-electron chi connectivity index (χ2n) is 7.08. The second kappa shape index (κ2) is 8.71. The predicted octanol–water partition coefficient (Wildman–Crippen LogP) is 0.864. The molecule has 27 heavy (non-hydrogen) atoms. The van der Waals surface area contributed by atoms with E-state index in [1.807, 2.05) is 0 Å². The van der Waals surface area contributed by atoms with Crippen LogP contribution in [0.1, 0.15) is 26.7 Å². The Kier molecular flexibility index (Phi) is 6.83. The zero-order valence-electron chi connectivity index (χ0n) is 16.2. The normalized spacial score (nSPS) is 14.3. The molecule has 0 unspecified atom stereocenters. The maximum atomic E-state index is 12.4. The first-order chi connectivity index (χ1) is 12.6. The zero-order valence-corrected chi connectivity index (χ0v) is 17.0. The SMILES string of the molecule is CC(C)N(C)S(=O)(=O)c1ccc(NCC(=O)N(C)CC(=O)NC2CC2)cc1. The monoisotopic (exact) mass is 396 g/mol. The fourth-order valence-corrected chi connectivity index (χ4v) is 3.67. The molecule has 0 atom stereocenters. The minimum absolute atomic E-state index is 0.0190. The number of amides is 2. The molecular weight excluding hydrogens is 368 g/mol. The Balaban J connectivity index is 1.87. The van der Waals surface area contributed by atoms with Gasteiger partial charge in [-0.3, -0.25) is 9.59 Å². The van der Waals surface area contributed by atoms with Crippen molar-refractivity contribution in [2.24, 2.45) is 0 Å². The molecule has 0 spiro atoms. The highest BCUT2D eigenvalue weighted by Crippen LogP contribution is 2.19. The van der Waals surface area contributed by atoms with Gasteiger partial charge in [0.25, 0.3) is 0 Å². The number of sulfonamides is 1. The number of carbonyl (C=O) groups excluding carboxylic acids is 2. The summed E-state index contributed by atoms with van der Waals surface area (Å²) in [6, 6.07) is 6.38. The van der Waals surface area contributed by atoms with Gasteiger partial charge >= 0.3 is 0 Å². The van der Waals surface area contributed by atoms with Crippen LogP contribution in [0.3, 0.4) is 0 Å². The lowest BCUT2D eigenvalue weighted by atomic mass is 10.3. The Morgan fingerprint density at radius 3 is 2.26 bits per heavy atom. The standard InChI is InChI=1S/C18H28N4O4S/c1-13(2)22(4)27(25,26)16-9-7-14(8-10-16)19-11-18(24)21(3)12-17(23)20-15-5-6-15/h7-10,13,15,19H,5-6,11-12H2,1-4H3,(H,20,23). The number of rotatable bonds is 9. The lowest BCUT2D eigenvalue weighted by Gasteiger charge is -2.21. The van der Waals surface area contributed by atoms with Gasteiger partial charge in [0.2, 0.25) is 21.8 Å². The topological polar surface area (TPSA) is 98.8 Å². The summed E-state index contributed by atoms with van der Waals surface area (Å²) in [5.74, 6) is -0.380. The number of nitrogens with zero attached hydrogens (tertiary/aromatic N) is 2. The molecule has 0 saturated heterocycles. The Bertz CT molecular complexity index is 773. The number of benzene rings is 1. The summed E-state index contributed by atoms with van der Waals surface area (Å²) in [6.45, 7) is 3.65. The number of carbonyl (C=O) groups is 2. The summed E-state index contributed by atoms with van der Waals surface area (Å²) in [4.78, 5) is 25.4. The Labute approximate surface area is 161 Å². The molecule has 0 bridgehead atoms. The van der Waals surface area contributed by atoms with Crippen LogP contribution in [0.4, 0.5) is 5.69 Å². The number of hydrogen-bond acceptors (Lipinski definition) is 5. The van der Waals surface area contributed by atoms with Crippen LogP contribution in [-0.4, -0.2) is 68.7 Å². The lowest BCUT2D eigenvalue weighted by molar-refractivity contribution is -0.133. The van der Waals surface area contributed by atoms with Gasteiger partial charge in [-0.1, -0.05) is 0 Å². The molecular formula is C18H28N4O4S. The molecule has 150 valence electrons. The maximum absolute atomic E-state index is 12.4. The van der Waals surface area contributed by atoms with E-state index in [0.717, 1.165) is 12.8 Å². The summed E-state index contributed by atoms with van der Waals surface area (Å²) in [6.07, 6.45) is 2.01. The minimum atomic E-state index is -3.53. The van der Waals surface area contributed by atoms with Gasteiger partial charge in [0.15, 0.2) is 0 Å². The van der Waals surface area contributed by atoms with Gasteiger partial charge in [0, 0.05) is 31.9 Å². The van der Waals surface area contributed by atoms with Crippen molar-refractivity contribution >= 4 is 27.5 Å². The number of anilines is 1. The molecule has 1 fully saturated rings. The molecule has 1 aliphatic rings. The highest BCUT2D eigenvalue weighted by atomic mass is 32.2. The lowest BCUT2D eigenvalue weighted by Crippen LogP contribution is -2.41. The third-order valence-corrected chi connectivity index (χ3v) is 6.50. The Morgan fingerprint density at radius 1 is 1.15 bits per heavy atom. The van der Waals surface area contributed by atoms with E-state index in [-0.39, 0.29) is 41.9 Å². The van der Waals surface area contributed by atoms with E-state index >= 15 is 0 Å². The van der Waals surface area contributed by atoms with Gasteiger partial charge in [-0.25, -0.2) is 8.42 Å². The van der Waals surface area contributed by atoms with Crippen LogP contribution in [0.2, 0.25) is 0 Å². The van der Waals surface area contributed by atoms with Crippen LogP contribution < -0.4 is 10.6 Å². The molecule has 0 radical (unpaired) electrons. The molecule has 1 aliphatic carbocycles. The third-order valence-electron chi connectivity index (χ3n) is 4.45. The molecule has 0 aromatic heterocycles. The molecule has 9 heteroatoms. The van der Waals surface area contributed by atoms with Crippen LogP contribution in [0.5, 0.6) is 0 Å². The van der Waals surface area contributed by atoms with Crippen molar-refractivity contribution < 1.29 is 18.0 Å². The first-order valence-electron chi connectivity index (χ1n) is 8.96. The largest absolute Gasteiger partial charge is 0.376 e. The average molecular weight is 397 g/mol. The molecule has 1 aromatic carbocycles. The van der Waals surface area contributed by atoms with Crippen molar-refractivity contribution in [1.82, 2.24) is 14.5 Å². The van der Waals surface area contributed by atoms with Crippen molar-refractivity contribution in [2.75, 3.05) is 32.5 Å². The summed E-state index contributed by atoms with van der Waals surface area (Å²) in [5, 5.41) is 5.79. The molecule has 1 aromatic rings. The van der Waals surface area contributed by atoms with E-state index in [1.54, 1.807) is 40.1 Å². The minimum Gasteiger partial charge on any atom is -0.376 e. The summed E-state index contributed by atoms with van der Waals surface area (Å²) in [5.41, 5.74) is 0.630. The zero-order chi connectivity index (χ0) is 20.2. The molecule has 0 aliphatic heterocycles. The molecule has 2 N–H and O–H groups in total. The maximum Gasteiger partial charge on any atom is 0.243 e. The molecule has 1 saturated carbocycles. The van der Waals surface area contributed by atoms with Gasteiger partial charge in [0.05, 0.1) is 18.0 Å². The van der Waals surface area contributed by atoms with Crippen molar-refractivity contribution in [1.29, 1.82) is 0 Å². The predicted molar refractivity (Wildman–Crippen MR) is 104 cm³/mol. The van der Waals surface area contributed by atoms with E-state index in [9.17, 15) is 18.0 Å². The molecule has 2 amide bonds. The van der Waals surface area contributed by atoms with E-state index in [2.05, 4.69) is 10.6 Å². The highest BCUT2D eigenvalue weighted by Gasteiger charge is 2.24. The second-order valence-corrected chi connectivity index (χ2v) is 9.08. The van der Waals surface area contributed by atoms with Crippen molar-refractivity contribution in [3.05, 3.63) is 24.3 Å². The average Bonchev–Trinajstić information content (AvgIpc) is 3.42. The van der Waals surface area contributed by atoms with E-state index in [0.29, 0.717) is 5.69 Å². The fourth-order valence-electron chi connectivity index (χ4n) is 2.31. The van der Waals surface area contributed by atoms with Crippen LogP contribution in [-0.2, 0) is 19.6 Å². The van der Waals surface area contributed by atoms with Gasteiger partial charge in [-0.15, -0.1) is 0 Å². The van der Waals surface area contributed by atoms with Gasteiger partial charge in [0.1, 0.15) is 0 Å². The fraction of sp³-hybridized carbons (Fsp3) is 0.556. The van der Waals surface area contributed by atoms with Crippen LogP contribution >= 0.6 is 0 Å². The van der Waals surface area contributed by atoms with Crippen molar-refractivity contribution in [3.8, 4) is 0 Å². The summed E-state index contributed by atoms with van der Waals surface area (Å²) in [7, 11) is -0.413. The van der Waals surface area contributed by atoms with Gasteiger partial charge in [-0.2, -0.15) is 4.31 Å². The van der Waals surface area contributed by atoms with Crippen molar-refractivity contribution in [2.45, 2.75) is 43.7 Å². The summed E-state index contributed by atoms with van der Waals surface area (Å²) < 4.78 is 26.2. The van der Waals surface area contributed by atoms with Crippen LogP contribution in [0.25, 0.3) is 0 Å². The quantitative estimate of drug-likeness (QED) is 0.645. The first-order valence-corrected chi connectivity index (χ1v) is 10.4. The third kappa shape index (κ3) is 5.93. The van der Waals surface area contributed by atoms with E-state index in [4.69, 9.17) is 0 Å². The van der Waals surface area contributed by atoms with Crippen LogP contribution in [0, 0.1) is 0 Å². The number of hydrogen-bond donors (Lipinski definition) is 2. The van der Waals surface area contributed by atoms with E-state index in [1.165, 1.54) is 21.3 Å². The van der Waals surface area contributed by atoms with Gasteiger partial charge in [-0.05, 0) is 51.0 Å².